The van der Waals surface area contributed by atoms with Crippen molar-refractivity contribution >= 4 is 0 Å². The lowest BCUT2D eigenvalue weighted by Gasteiger charge is -2.49. The van der Waals surface area contributed by atoms with Gasteiger partial charge in [0.1, 0.15) is 0 Å². The molecule has 0 bridgehead atoms. The summed E-state index contributed by atoms with van der Waals surface area (Å²) in [7, 11) is 0. The first kappa shape index (κ1) is 12.9. The zero-order valence-corrected chi connectivity index (χ0v) is 13.1. The van der Waals surface area contributed by atoms with Gasteiger partial charge in [0.15, 0.2) is 0 Å². The molecule has 20 heavy (non-hydrogen) atoms. The third-order valence-electron chi connectivity index (χ3n) is 6.98. The van der Waals surface area contributed by atoms with Gasteiger partial charge in [-0.1, -0.05) is 38.5 Å². The summed E-state index contributed by atoms with van der Waals surface area (Å²) in [6, 6.07) is 7.39. The standard InChI is InChI=1S/C20H28/c1-3-14-6-8-16-15(13-14)7-9-18-17(16)10-12-20(2)11-4-5-19(18)20/h6,8,13,17-19H,3-5,7,9-12H2,1-2H3/t17?,18?,19?,20-/m0/s1. The molecule has 0 nitrogen and oxygen atoms in total. The third-order valence-corrected chi connectivity index (χ3v) is 6.98. The van der Waals surface area contributed by atoms with Crippen LogP contribution in [0.2, 0.25) is 0 Å². The average Bonchev–Trinajstić information content (AvgIpc) is 2.88. The van der Waals surface area contributed by atoms with Crippen molar-refractivity contribution < 1.29 is 0 Å². The topological polar surface area (TPSA) is 0 Å². The van der Waals surface area contributed by atoms with E-state index in [1.54, 1.807) is 11.1 Å². The van der Waals surface area contributed by atoms with Crippen molar-refractivity contribution in [1.29, 1.82) is 0 Å². The molecule has 3 aliphatic rings. The van der Waals surface area contributed by atoms with E-state index in [9.17, 15) is 0 Å². The quantitative estimate of drug-likeness (QED) is 0.631. The van der Waals surface area contributed by atoms with E-state index in [0.29, 0.717) is 5.41 Å². The minimum Gasteiger partial charge on any atom is -0.0613 e. The molecule has 2 saturated carbocycles. The normalized spacial score (nSPS) is 39.0. The fourth-order valence-corrected chi connectivity index (χ4v) is 5.85. The first-order valence-corrected chi connectivity index (χ1v) is 8.83. The molecular formula is C20H28. The lowest BCUT2D eigenvalue weighted by molar-refractivity contribution is 0.0598. The summed E-state index contributed by atoms with van der Waals surface area (Å²) in [6.45, 7) is 4.87. The molecule has 108 valence electrons. The van der Waals surface area contributed by atoms with E-state index in [-0.39, 0.29) is 0 Å². The van der Waals surface area contributed by atoms with E-state index in [2.05, 4.69) is 32.0 Å². The molecule has 0 amide bonds. The predicted octanol–water partition coefficient (Wildman–Crippen LogP) is 5.50. The number of hydrogen-bond donors (Lipinski definition) is 0. The van der Waals surface area contributed by atoms with Crippen LogP contribution in [0, 0.1) is 17.3 Å². The molecular weight excluding hydrogens is 240 g/mol. The Balaban J connectivity index is 1.69. The summed E-state index contributed by atoms with van der Waals surface area (Å²) in [5.74, 6) is 2.91. The summed E-state index contributed by atoms with van der Waals surface area (Å²) in [4.78, 5) is 0. The highest BCUT2D eigenvalue weighted by Gasteiger charge is 2.49. The molecule has 0 radical (unpaired) electrons. The molecule has 4 atom stereocenters. The minimum absolute atomic E-state index is 0.696. The molecule has 4 rings (SSSR count). The second kappa shape index (κ2) is 4.61. The highest BCUT2D eigenvalue weighted by atomic mass is 14.5. The van der Waals surface area contributed by atoms with Crippen LogP contribution in [0.15, 0.2) is 18.2 Å². The Labute approximate surface area is 124 Å². The van der Waals surface area contributed by atoms with Gasteiger partial charge >= 0.3 is 0 Å². The highest BCUT2D eigenvalue weighted by molar-refractivity contribution is 5.38. The Morgan fingerprint density at radius 1 is 1.15 bits per heavy atom. The maximum Gasteiger partial charge on any atom is -0.0128 e. The number of fused-ring (bicyclic) bond motifs is 5. The van der Waals surface area contributed by atoms with Crippen LogP contribution in [0.25, 0.3) is 0 Å². The third kappa shape index (κ3) is 1.80. The maximum atomic E-state index is 2.59. The van der Waals surface area contributed by atoms with E-state index < -0.39 is 0 Å². The summed E-state index contributed by atoms with van der Waals surface area (Å²) < 4.78 is 0. The SMILES string of the molecule is CCc1ccc2c(c1)CCC1C2CC[C@]2(C)CCCC12. The summed E-state index contributed by atoms with van der Waals surface area (Å²) in [6.07, 6.45) is 11.4. The van der Waals surface area contributed by atoms with Crippen LogP contribution in [0.4, 0.5) is 0 Å². The Bertz CT molecular complexity index is 515. The number of benzene rings is 1. The number of rotatable bonds is 1. The molecule has 0 spiro atoms. The molecule has 1 aromatic carbocycles. The van der Waals surface area contributed by atoms with Crippen LogP contribution in [0.5, 0.6) is 0 Å². The first-order chi connectivity index (χ1) is 9.71. The van der Waals surface area contributed by atoms with Gasteiger partial charge in [0.2, 0.25) is 0 Å². The highest BCUT2D eigenvalue weighted by Crippen LogP contribution is 2.60. The van der Waals surface area contributed by atoms with E-state index in [0.717, 1.165) is 17.8 Å². The Morgan fingerprint density at radius 2 is 2.05 bits per heavy atom. The minimum atomic E-state index is 0.696. The number of hydrogen-bond acceptors (Lipinski definition) is 0. The van der Waals surface area contributed by atoms with E-state index >= 15 is 0 Å². The molecule has 2 fully saturated rings. The molecule has 0 aliphatic heterocycles. The Hall–Kier alpha value is -0.780. The summed E-state index contributed by atoms with van der Waals surface area (Å²) in [5, 5.41) is 0. The fourth-order valence-electron chi connectivity index (χ4n) is 5.85. The van der Waals surface area contributed by atoms with Crippen molar-refractivity contribution in [1.82, 2.24) is 0 Å². The van der Waals surface area contributed by atoms with Crippen LogP contribution in [-0.2, 0) is 12.8 Å². The van der Waals surface area contributed by atoms with Crippen LogP contribution in [-0.4, -0.2) is 0 Å². The second-order valence-electron chi connectivity index (χ2n) is 7.89. The van der Waals surface area contributed by atoms with Crippen molar-refractivity contribution in [3.63, 3.8) is 0 Å². The predicted molar refractivity (Wildman–Crippen MR) is 85.1 cm³/mol. The first-order valence-electron chi connectivity index (χ1n) is 8.83. The Morgan fingerprint density at radius 3 is 2.90 bits per heavy atom. The van der Waals surface area contributed by atoms with Gasteiger partial charge in [0, 0.05) is 0 Å². The molecule has 0 N–H and O–H groups in total. The molecule has 3 unspecified atom stereocenters. The second-order valence-corrected chi connectivity index (χ2v) is 7.89. The van der Waals surface area contributed by atoms with Crippen molar-refractivity contribution in [2.75, 3.05) is 0 Å². The molecule has 0 saturated heterocycles. The van der Waals surface area contributed by atoms with Gasteiger partial charge in [0.25, 0.3) is 0 Å². The fraction of sp³-hybridized carbons (Fsp3) is 0.700. The van der Waals surface area contributed by atoms with Crippen molar-refractivity contribution in [3.05, 3.63) is 34.9 Å². The maximum absolute atomic E-state index is 2.59. The molecule has 0 heteroatoms. The van der Waals surface area contributed by atoms with Gasteiger partial charge < -0.3 is 0 Å². The molecule has 0 heterocycles. The van der Waals surface area contributed by atoms with Gasteiger partial charge in [-0.05, 0) is 84.8 Å². The van der Waals surface area contributed by atoms with Crippen LogP contribution >= 0.6 is 0 Å². The molecule has 3 aliphatic carbocycles. The van der Waals surface area contributed by atoms with Crippen LogP contribution in [0.1, 0.15) is 75.0 Å². The van der Waals surface area contributed by atoms with E-state index in [4.69, 9.17) is 0 Å². The lowest BCUT2D eigenvalue weighted by atomic mass is 9.56. The summed E-state index contributed by atoms with van der Waals surface area (Å²) >= 11 is 0. The zero-order valence-electron chi connectivity index (χ0n) is 13.1. The van der Waals surface area contributed by atoms with Gasteiger partial charge in [-0.25, -0.2) is 0 Å². The lowest BCUT2D eigenvalue weighted by Crippen LogP contribution is -2.39. The Kier molecular flexibility index (Phi) is 2.98. The smallest absolute Gasteiger partial charge is 0.0128 e. The van der Waals surface area contributed by atoms with Gasteiger partial charge in [-0.15, -0.1) is 0 Å². The largest absolute Gasteiger partial charge is 0.0613 e. The summed E-state index contributed by atoms with van der Waals surface area (Å²) in [5.41, 5.74) is 5.64. The van der Waals surface area contributed by atoms with Crippen LogP contribution < -0.4 is 0 Å². The van der Waals surface area contributed by atoms with Crippen molar-refractivity contribution in [2.45, 2.75) is 71.1 Å². The number of aryl methyl sites for hydroxylation is 2. The molecule has 0 aromatic heterocycles. The van der Waals surface area contributed by atoms with Gasteiger partial charge in [-0.3, -0.25) is 0 Å². The van der Waals surface area contributed by atoms with Crippen molar-refractivity contribution in [2.24, 2.45) is 17.3 Å². The van der Waals surface area contributed by atoms with Crippen LogP contribution in [0.3, 0.4) is 0 Å². The zero-order chi connectivity index (χ0) is 13.7. The van der Waals surface area contributed by atoms with Gasteiger partial charge in [0.05, 0.1) is 0 Å². The van der Waals surface area contributed by atoms with E-state index in [1.165, 1.54) is 56.9 Å². The van der Waals surface area contributed by atoms with E-state index in [1.807, 2.05) is 0 Å². The average molecular weight is 268 g/mol. The monoisotopic (exact) mass is 268 g/mol. The van der Waals surface area contributed by atoms with Gasteiger partial charge in [-0.2, -0.15) is 0 Å². The van der Waals surface area contributed by atoms with Crippen molar-refractivity contribution in [3.8, 4) is 0 Å². The molecule has 1 aromatic rings.